The van der Waals surface area contributed by atoms with Crippen LogP contribution < -0.4 is 5.32 Å². The normalized spacial score (nSPS) is 24.3. The highest BCUT2D eigenvalue weighted by Gasteiger charge is 2.38. The third kappa shape index (κ3) is 4.81. The highest BCUT2D eigenvalue weighted by atomic mass is 16.2. The van der Waals surface area contributed by atoms with Crippen LogP contribution in [0.3, 0.4) is 0 Å². The van der Waals surface area contributed by atoms with E-state index in [1.165, 1.54) is 31.2 Å². The first-order chi connectivity index (χ1) is 12.3. The fraction of sp³-hybridized carbons (Fsp3) is 0.600. The van der Waals surface area contributed by atoms with Gasteiger partial charge in [-0.1, -0.05) is 30.3 Å². The van der Waals surface area contributed by atoms with Crippen LogP contribution >= 0.6 is 0 Å². The average molecular weight is 340 g/mol. The molecule has 25 heavy (non-hydrogen) atoms. The topological polar surface area (TPSA) is 59.4 Å². The van der Waals surface area contributed by atoms with Crippen LogP contribution in [0.5, 0.6) is 0 Å². The number of nitrogens with zero attached hydrogens (tertiary/aromatic N) is 3. The maximum Gasteiger partial charge on any atom is 0.234 e. The molecule has 0 unspecified atom stereocenters. The van der Waals surface area contributed by atoms with Gasteiger partial charge in [-0.15, -0.1) is 0 Å². The minimum absolute atomic E-state index is 0.0507. The van der Waals surface area contributed by atoms with Crippen molar-refractivity contribution in [2.75, 3.05) is 26.2 Å². The molecule has 2 aliphatic rings. The minimum Gasteiger partial charge on any atom is -0.354 e. The molecule has 1 N–H and O–H groups in total. The van der Waals surface area contributed by atoms with E-state index in [2.05, 4.69) is 51.5 Å². The number of benzene rings is 1. The maximum atomic E-state index is 12.1. The Morgan fingerprint density at radius 1 is 1.12 bits per heavy atom. The third-order valence-corrected chi connectivity index (χ3v) is 5.41. The van der Waals surface area contributed by atoms with Crippen molar-refractivity contribution in [2.24, 2.45) is 0 Å². The van der Waals surface area contributed by atoms with E-state index < -0.39 is 0 Å². The van der Waals surface area contributed by atoms with Crippen LogP contribution in [-0.2, 0) is 11.3 Å². The van der Waals surface area contributed by atoms with Crippen molar-refractivity contribution in [3.05, 3.63) is 35.9 Å². The molecule has 2 saturated heterocycles. The Morgan fingerprint density at radius 3 is 2.52 bits per heavy atom. The number of hydrogen-bond acceptors (Lipinski definition) is 4. The van der Waals surface area contributed by atoms with Gasteiger partial charge in [0, 0.05) is 25.2 Å². The second kappa shape index (κ2) is 8.98. The van der Waals surface area contributed by atoms with Crippen LogP contribution in [0.2, 0.25) is 0 Å². The predicted octanol–water partition coefficient (Wildman–Crippen LogP) is 2.15. The van der Waals surface area contributed by atoms with Gasteiger partial charge in [0.05, 0.1) is 19.0 Å². The predicted molar refractivity (Wildman–Crippen MR) is 97.7 cm³/mol. The van der Waals surface area contributed by atoms with Gasteiger partial charge in [0.2, 0.25) is 5.91 Å². The number of carbonyl (C=O) groups is 1. The molecule has 1 aromatic carbocycles. The number of nitriles is 1. The molecule has 0 bridgehead atoms. The summed E-state index contributed by atoms with van der Waals surface area (Å²) in [5.74, 6) is 0.0507. The van der Waals surface area contributed by atoms with Gasteiger partial charge in [0.1, 0.15) is 0 Å². The van der Waals surface area contributed by atoms with E-state index >= 15 is 0 Å². The molecule has 1 amide bonds. The minimum atomic E-state index is 0.0507. The van der Waals surface area contributed by atoms with E-state index in [1.54, 1.807) is 0 Å². The lowest BCUT2D eigenvalue weighted by Gasteiger charge is -2.34. The van der Waals surface area contributed by atoms with Crippen molar-refractivity contribution in [3.63, 3.8) is 0 Å². The molecule has 1 aromatic rings. The summed E-state index contributed by atoms with van der Waals surface area (Å²) in [6, 6.07) is 13.8. The Morgan fingerprint density at radius 2 is 1.80 bits per heavy atom. The first-order valence-corrected chi connectivity index (χ1v) is 9.43. The number of amides is 1. The summed E-state index contributed by atoms with van der Waals surface area (Å²) in [6.45, 7) is 4.08. The second-order valence-electron chi connectivity index (χ2n) is 7.10. The van der Waals surface area contributed by atoms with Gasteiger partial charge in [0.25, 0.3) is 0 Å². The lowest BCUT2D eigenvalue weighted by atomic mass is 10.0. The van der Waals surface area contributed by atoms with Crippen LogP contribution in [-0.4, -0.2) is 54.0 Å². The maximum absolute atomic E-state index is 12.1. The molecule has 5 heteroatoms. The first-order valence-electron chi connectivity index (χ1n) is 9.43. The summed E-state index contributed by atoms with van der Waals surface area (Å²) in [6.07, 6.45) is 5.20. The zero-order chi connectivity index (χ0) is 17.5. The van der Waals surface area contributed by atoms with E-state index in [0.717, 1.165) is 19.6 Å². The second-order valence-corrected chi connectivity index (χ2v) is 7.10. The van der Waals surface area contributed by atoms with Crippen molar-refractivity contribution < 1.29 is 4.79 Å². The van der Waals surface area contributed by atoms with Crippen LogP contribution in [0.4, 0.5) is 0 Å². The summed E-state index contributed by atoms with van der Waals surface area (Å²) < 4.78 is 0. The molecule has 2 heterocycles. The summed E-state index contributed by atoms with van der Waals surface area (Å²) in [4.78, 5) is 17.1. The Balaban J connectivity index is 1.57. The molecular formula is C20H28N4O. The summed E-state index contributed by atoms with van der Waals surface area (Å²) in [5, 5.41) is 11.4. The summed E-state index contributed by atoms with van der Waals surface area (Å²) in [7, 11) is 0. The molecule has 2 aliphatic heterocycles. The number of carbonyl (C=O) groups excluding carboxylic acids is 1. The van der Waals surface area contributed by atoms with E-state index in [-0.39, 0.29) is 5.91 Å². The molecule has 134 valence electrons. The molecule has 3 rings (SSSR count). The van der Waals surface area contributed by atoms with Crippen molar-refractivity contribution in [3.8, 4) is 6.07 Å². The van der Waals surface area contributed by atoms with Gasteiger partial charge in [-0.2, -0.15) is 5.26 Å². The lowest BCUT2D eigenvalue weighted by Crippen LogP contribution is -2.48. The molecular weight excluding hydrogens is 312 g/mol. The number of rotatable bonds is 7. The number of likely N-dealkylation sites (tertiary alicyclic amines) is 2. The van der Waals surface area contributed by atoms with Gasteiger partial charge in [-0.25, -0.2) is 0 Å². The average Bonchev–Trinajstić information content (AvgIpc) is 3.25. The van der Waals surface area contributed by atoms with Crippen LogP contribution in [0.25, 0.3) is 0 Å². The Hall–Kier alpha value is -1.90. The zero-order valence-corrected chi connectivity index (χ0v) is 14.9. The molecule has 5 nitrogen and oxygen atoms in total. The standard InChI is InChI=1S/C20H28N4O/c21-11-6-12-22-20(25)16-24-14-5-10-19(24)18-9-4-13-23(18)15-17-7-2-1-3-8-17/h1-3,7-8,18-19H,4-6,9-10,12-16H2,(H,22,25)/t18-,19+/m0/s1. The molecule has 0 aliphatic carbocycles. The van der Waals surface area contributed by atoms with Crippen LogP contribution in [0.1, 0.15) is 37.7 Å². The van der Waals surface area contributed by atoms with Gasteiger partial charge >= 0.3 is 0 Å². The molecule has 0 saturated carbocycles. The smallest absolute Gasteiger partial charge is 0.234 e. The third-order valence-electron chi connectivity index (χ3n) is 5.41. The van der Waals surface area contributed by atoms with E-state index in [0.29, 0.717) is 31.6 Å². The molecule has 2 fully saturated rings. The number of nitrogens with one attached hydrogen (secondary N) is 1. The van der Waals surface area contributed by atoms with Crippen molar-refractivity contribution in [2.45, 2.75) is 50.7 Å². The number of hydrogen-bond donors (Lipinski definition) is 1. The van der Waals surface area contributed by atoms with Crippen molar-refractivity contribution >= 4 is 5.91 Å². The fourth-order valence-corrected chi connectivity index (χ4v) is 4.28. The summed E-state index contributed by atoms with van der Waals surface area (Å²) >= 11 is 0. The SMILES string of the molecule is N#CCCNC(=O)CN1CCC[C@@H]1[C@@H]1CCCN1Cc1ccccc1. The fourth-order valence-electron chi connectivity index (χ4n) is 4.28. The first kappa shape index (κ1) is 17.9. The van der Waals surface area contributed by atoms with E-state index in [4.69, 9.17) is 5.26 Å². The largest absolute Gasteiger partial charge is 0.354 e. The van der Waals surface area contributed by atoms with Gasteiger partial charge in [0.15, 0.2) is 0 Å². The van der Waals surface area contributed by atoms with Gasteiger partial charge in [-0.3, -0.25) is 14.6 Å². The van der Waals surface area contributed by atoms with Crippen molar-refractivity contribution in [1.29, 1.82) is 5.26 Å². The monoisotopic (exact) mass is 340 g/mol. The van der Waals surface area contributed by atoms with Crippen LogP contribution in [0.15, 0.2) is 30.3 Å². The molecule has 2 atom stereocenters. The van der Waals surface area contributed by atoms with Gasteiger partial charge in [-0.05, 0) is 44.3 Å². The molecule has 0 spiro atoms. The highest BCUT2D eigenvalue weighted by molar-refractivity contribution is 5.78. The summed E-state index contributed by atoms with van der Waals surface area (Å²) in [5.41, 5.74) is 1.37. The van der Waals surface area contributed by atoms with E-state index in [9.17, 15) is 4.79 Å². The Bertz CT molecular complexity index is 597. The zero-order valence-electron chi connectivity index (χ0n) is 14.9. The molecule has 0 aromatic heterocycles. The van der Waals surface area contributed by atoms with E-state index in [1.807, 2.05) is 0 Å². The quantitative estimate of drug-likeness (QED) is 0.773. The Kier molecular flexibility index (Phi) is 6.43. The lowest BCUT2D eigenvalue weighted by molar-refractivity contribution is -0.122. The van der Waals surface area contributed by atoms with Gasteiger partial charge < -0.3 is 5.32 Å². The Labute approximate surface area is 150 Å². The van der Waals surface area contributed by atoms with Crippen molar-refractivity contribution in [1.82, 2.24) is 15.1 Å². The highest BCUT2D eigenvalue weighted by Crippen LogP contribution is 2.30. The molecule has 0 radical (unpaired) electrons. The van der Waals surface area contributed by atoms with Crippen LogP contribution in [0, 0.1) is 11.3 Å².